The van der Waals surface area contributed by atoms with Gasteiger partial charge in [-0.2, -0.15) is 0 Å². The van der Waals surface area contributed by atoms with E-state index in [9.17, 15) is 23.3 Å². The summed E-state index contributed by atoms with van der Waals surface area (Å²) in [6, 6.07) is 9.89. The fraction of sp³-hybridized carbons (Fsp3) is 0.188. The number of ether oxygens (including phenoxy) is 1. The molecule has 0 saturated heterocycles. The first-order valence-corrected chi connectivity index (χ1v) is 9.40. The lowest BCUT2D eigenvalue weighted by Gasteiger charge is -2.13. The molecule has 138 valence electrons. The van der Waals surface area contributed by atoms with Crippen molar-refractivity contribution in [2.45, 2.75) is 6.92 Å². The van der Waals surface area contributed by atoms with Crippen molar-refractivity contribution in [1.82, 2.24) is 0 Å². The molecule has 1 amide bonds. The lowest BCUT2D eigenvalue weighted by atomic mass is 10.1. The van der Waals surface area contributed by atoms with E-state index in [4.69, 9.17) is 4.74 Å². The van der Waals surface area contributed by atoms with Crippen molar-refractivity contribution in [3.05, 3.63) is 58.1 Å². The number of para-hydroxylation sites is 1. The summed E-state index contributed by atoms with van der Waals surface area (Å²) in [5, 5.41) is 13.6. The second-order valence-electron chi connectivity index (χ2n) is 5.25. The molecule has 10 heteroatoms. The number of hydrogen-bond donors (Lipinski definition) is 2. The van der Waals surface area contributed by atoms with Gasteiger partial charge in [-0.15, -0.1) is 0 Å². The molecule has 2 aromatic carbocycles. The Kier molecular flexibility index (Phi) is 5.78. The molecule has 0 aliphatic carbocycles. The van der Waals surface area contributed by atoms with Crippen LogP contribution in [-0.2, 0) is 10.0 Å². The molecule has 2 rings (SSSR count). The molecule has 2 N–H and O–H groups in total. The number of nitro groups is 1. The zero-order chi connectivity index (χ0) is 19.3. The molecule has 0 spiro atoms. The van der Waals surface area contributed by atoms with Crippen molar-refractivity contribution in [3.63, 3.8) is 0 Å². The van der Waals surface area contributed by atoms with Gasteiger partial charge in [0, 0.05) is 17.8 Å². The Labute approximate surface area is 150 Å². The number of anilines is 2. The molecule has 0 heterocycles. The molecule has 9 nitrogen and oxygen atoms in total. The van der Waals surface area contributed by atoms with Crippen LogP contribution in [0.15, 0.2) is 42.5 Å². The van der Waals surface area contributed by atoms with Gasteiger partial charge in [-0.25, -0.2) is 8.42 Å². The topological polar surface area (TPSA) is 128 Å². The molecule has 0 fully saturated rings. The van der Waals surface area contributed by atoms with Crippen molar-refractivity contribution in [2.24, 2.45) is 0 Å². The van der Waals surface area contributed by atoms with Crippen molar-refractivity contribution < 1.29 is 22.9 Å². The summed E-state index contributed by atoms with van der Waals surface area (Å²) >= 11 is 0. The molecule has 2 aromatic rings. The van der Waals surface area contributed by atoms with E-state index in [0.29, 0.717) is 5.69 Å². The molecular formula is C16H17N3O6S. The number of carbonyl (C=O) groups is 1. The molecule has 0 aliphatic heterocycles. The van der Waals surface area contributed by atoms with Crippen molar-refractivity contribution in [1.29, 1.82) is 0 Å². The lowest BCUT2D eigenvalue weighted by Crippen LogP contribution is -2.15. The first-order chi connectivity index (χ1) is 12.2. The van der Waals surface area contributed by atoms with Crippen molar-refractivity contribution in [3.8, 4) is 5.75 Å². The maximum atomic E-state index is 12.4. The second-order valence-corrected chi connectivity index (χ2v) is 7.00. The molecule has 0 unspecified atom stereocenters. The summed E-state index contributed by atoms with van der Waals surface area (Å²) in [6.07, 6.45) is 1.01. The number of hydrogen-bond acceptors (Lipinski definition) is 6. The van der Waals surface area contributed by atoms with Crippen LogP contribution in [0.25, 0.3) is 0 Å². The third kappa shape index (κ3) is 4.93. The Morgan fingerprint density at radius 3 is 2.54 bits per heavy atom. The Morgan fingerprint density at radius 1 is 1.23 bits per heavy atom. The fourth-order valence-electron chi connectivity index (χ4n) is 2.18. The number of sulfonamides is 1. The lowest BCUT2D eigenvalue weighted by molar-refractivity contribution is -0.385. The minimum Gasteiger partial charge on any atom is -0.492 e. The number of nitrogens with zero attached hydrogens (tertiary/aromatic N) is 1. The quantitative estimate of drug-likeness (QED) is 0.562. The highest BCUT2D eigenvalue weighted by Gasteiger charge is 2.19. The first-order valence-electron chi connectivity index (χ1n) is 7.50. The molecule has 0 radical (unpaired) electrons. The van der Waals surface area contributed by atoms with E-state index >= 15 is 0 Å². The van der Waals surface area contributed by atoms with Gasteiger partial charge in [-0.3, -0.25) is 19.6 Å². The number of benzene rings is 2. The highest BCUT2D eigenvalue weighted by Crippen LogP contribution is 2.29. The largest absolute Gasteiger partial charge is 0.492 e. The van der Waals surface area contributed by atoms with Crippen LogP contribution in [0.4, 0.5) is 17.1 Å². The van der Waals surface area contributed by atoms with Crippen LogP contribution in [-0.4, -0.2) is 32.1 Å². The number of rotatable bonds is 7. The van der Waals surface area contributed by atoms with E-state index in [0.717, 1.165) is 6.26 Å². The molecule has 0 aliphatic rings. The van der Waals surface area contributed by atoms with Crippen LogP contribution in [0.5, 0.6) is 5.75 Å². The van der Waals surface area contributed by atoms with E-state index in [-0.39, 0.29) is 29.3 Å². The summed E-state index contributed by atoms with van der Waals surface area (Å²) < 4.78 is 30.5. The van der Waals surface area contributed by atoms with Gasteiger partial charge in [0.25, 0.3) is 11.6 Å². The molecule has 0 saturated carbocycles. The summed E-state index contributed by atoms with van der Waals surface area (Å²) in [5.74, 6) is -0.443. The second kappa shape index (κ2) is 7.83. The fourth-order valence-corrected chi connectivity index (χ4v) is 2.75. The van der Waals surface area contributed by atoms with E-state index in [2.05, 4.69) is 10.0 Å². The molecule has 0 aromatic heterocycles. The third-order valence-corrected chi connectivity index (χ3v) is 3.77. The van der Waals surface area contributed by atoms with Crippen LogP contribution in [0, 0.1) is 10.1 Å². The maximum absolute atomic E-state index is 12.4. The Balaban J connectivity index is 2.31. The first kappa shape index (κ1) is 19.2. The molecule has 26 heavy (non-hydrogen) atoms. The van der Waals surface area contributed by atoms with Crippen LogP contribution >= 0.6 is 0 Å². The Bertz CT molecular complexity index is 943. The Hall–Kier alpha value is -3.14. The SMILES string of the molecule is CCOc1cc(NC(=O)c2ccccc2[N+](=O)[O-])ccc1NS(C)(=O)=O. The predicted molar refractivity (Wildman–Crippen MR) is 97.1 cm³/mol. The minimum atomic E-state index is -3.50. The highest BCUT2D eigenvalue weighted by atomic mass is 32.2. The predicted octanol–water partition coefficient (Wildman–Crippen LogP) is 2.62. The van der Waals surface area contributed by atoms with E-state index in [1.165, 1.54) is 42.5 Å². The molecule has 0 atom stereocenters. The van der Waals surface area contributed by atoms with Gasteiger partial charge in [0.2, 0.25) is 10.0 Å². The van der Waals surface area contributed by atoms with Gasteiger partial charge in [0.1, 0.15) is 11.3 Å². The number of carbonyl (C=O) groups excluding carboxylic acids is 1. The number of amides is 1. The van der Waals surface area contributed by atoms with Gasteiger partial charge in [0.05, 0.1) is 23.5 Å². The monoisotopic (exact) mass is 379 g/mol. The van der Waals surface area contributed by atoms with Gasteiger partial charge in [-0.1, -0.05) is 12.1 Å². The van der Waals surface area contributed by atoms with Gasteiger partial charge >= 0.3 is 0 Å². The summed E-state index contributed by atoms with van der Waals surface area (Å²) in [5.41, 5.74) is 0.118. The van der Waals surface area contributed by atoms with E-state index < -0.39 is 20.9 Å². The molecular weight excluding hydrogens is 362 g/mol. The van der Waals surface area contributed by atoms with Crippen LogP contribution in [0.1, 0.15) is 17.3 Å². The van der Waals surface area contributed by atoms with Crippen LogP contribution < -0.4 is 14.8 Å². The summed E-state index contributed by atoms with van der Waals surface area (Å²) in [7, 11) is -3.50. The van der Waals surface area contributed by atoms with Gasteiger partial charge in [-0.05, 0) is 25.1 Å². The average molecular weight is 379 g/mol. The maximum Gasteiger partial charge on any atom is 0.282 e. The van der Waals surface area contributed by atoms with Crippen LogP contribution in [0.3, 0.4) is 0 Å². The summed E-state index contributed by atoms with van der Waals surface area (Å²) in [4.78, 5) is 22.8. The zero-order valence-electron chi connectivity index (χ0n) is 14.1. The minimum absolute atomic E-state index is 0.0891. The standard InChI is InChI=1S/C16H17N3O6S/c1-3-25-15-10-11(8-9-13(15)18-26(2,23)24)17-16(20)12-6-4-5-7-14(12)19(21)22/h4-10,18H,3H2,1-2H3,(H,17,20). The molecule has 0 bridgehead atoms. The average Bonchev–Trinajstić information content (AvgIpc) is 2.56. The van der Waals surface area contributed by atoms with E-state index in [1.54, 1.807) is 6.92 Å². The third-order valence-electron chi connectivity index (χ3n) is 3.18. The Morgan fingerprint density at radius 2 is 1.92 bits per heavy atom. The number of nitrogens with one attached hydrogen (secondary N) is 2. The van der Waals surface area contributed by atoms with Gasteiger partial charge < -0.3 is 10.1 Å². The summed E-state index contributed by atoms with van der Waals surface area (Å²) in [6.45, 7) is 2.00. The zero-order valence-corrected chi connectivity index (χ0v) is 14.9. The van der Waals surface area contributed by atoms with Crippen LogP contribution in [0.2, 0.25) is 0 Å². The number of nitro benzene ring substituents is 1. The highest BCUT2D eigenvalue weighted by molar-refractivity contribution is 7.92. The van der Waals surface area contributed by atoms with Crippen molar-refractivity contribution in [2.75, 3.05) is 22.9 Å². The normalized spacial score (nSPS) is 10.8. The smallest absolute Gasteiger partial charge is 0.282 e. The van der Waals surface area contributed by atoms with E-state index in [1.807, 2.05) is 0 Å². The van der Waals surface area contributed by atoms with Gasteiger partial charge in [0.15, 0.2) is 0 Å². The van der Waals surface area contributed by atoms with Crippen molar-refractivity contribution >= 4 is 33.0 Å².